The van der Waals surface area contributed by atoms with E-state index in [1.807, 2.05) is 73.7 Å². The highest BCUT2D eigenvalue weighted by atomic mass is 19.1. The van der Waals surface area contributed by atoms with Crippen molar-refractivity contribution >= 4 is 45.7 Å². The molecule has 2 amide bonds. The molecule has 4 aliphatic heterocycles. The lowest BCUT2D eigenvalue weighted by Gasteiger charge is -2.15. The number of fused-ring (bicyclic) bond motifs is 2. The molecule has 11 heteroatoms. The van der Waals surface area contributed by atoms with Gasteiger partial charge in [0.1, 0.15) is 30.5 Å². The van der Waals surface area contributed by atoms with Crippen LogP contribution in [0, 0.1) is 12.7 Å². The van der Waals surface area contributed by atoms with Crippen molar-refractivity contribution in [1.29, 1.82) is 0 Å². The first-order valence-electron chi connectivity index (χ1n) is 18.8. The van der Waals surface area contributed by atoms with Crippen LogP contribution in [0.15, 0.2) is 97.3 Å². The van der Waals surface area contributed by atoms with Gasteiger partial charge in [-0.1, -0.05) is 12.1 Å². The molecule has 0 spiro atoms. The minimum atomic E-state index is -0.372. The summed E-state index contributed by atoms with van der Waals surface area (Å²) in [5.41, 5.74) is 7.02. The molecule has 4 heterocycles. The summed E-state index contributed by atoms with van der Waals surface area (Å²) >= 11 is 0. The summed E-state index contributed by atoms with van der Waals surface area (Å²) in [6.07, 6.45) is 8.59. The molecule has 2 saturated heterocycles. The highest BCUT2D eigenvalue weighted by Gasteiger charge is 2.26. The normalized spacial score (nSPS) is 17.8. The number of ether oxygens (including phenoxy) is 2. The standard InChI is InChI=1S/C22H25N3O2.C21H22FN3O2/c1-16-5-4-6-20-21(16)19(22(26)24-20)15-23-17-7-9-18(10-8-17)27-14-13-25-11-2-3-12-25;22-15-3-8-18-19(21(26)24-20(18)13-15)14-23-16-4-6-17(7-5-16)27-12-11-25-9-1-2-10-25/h4-10,15,23H,2-3,11-14H2,1H3,(H,24,26);3-8,13-14,23H,1-2,9-12H2,(H,24,26). The van der Waals surface area contributed by atoms with Gasteiger partial charge in [-0.25, -0.2) is 4.39 Å². The van der Waals surface area contributed by atoms with Crippen molar-refractivity contribution < 1.29 is 23.5 Å². The number of hydrogen-bond donors (Lipinski definition) is 4. The molecule has 280 valence electrons. The Labute approximate surface area is 316 Å². The SMILES string of the molecule is Cc1cccc2c1C(=CNc1ccc(OCCN3CCCC3)cc1)C(=O)N2.O=C1Nc2cc(F)ccc2C1=CNc1ccc(OCCN2CCCC2)cc1. The number of benzene rings is 4. The number of amides is 2. The van der Waals surface area contributed by atoms with E-state index in [0.717, 1.165) is 52.8 Å². The van der Waals surface area contributed by atoms with E-state index < -0.39 is 0 Å². The lowest BCUT2D eigenvalue weighted by Crippen LogP contribution is -2.25. The molecule has 4 N–H and O–H groups in total. The Balaban J connectivity index is 0.000000167. The summed E-state index contributed by atoms with van der Waals surface area (Å²) in [6.45, 7) is 10.1. The Hall–Kier alpha value is -5.65. The predicted molar refractivity (Wildman–Crippen MR) is 213 cm³/mol. The number of nitrogens with zero attached hydrogens (tertiary/aromatic N) is 2. The molecule has 8 rings (SSSR count). The number of rotatable bonds is 12. The number of aryl methyl sites for hydroxylation is 1. The van der Waals surface area contributed by atoms with Gasteiger partial charge in [0.25, 0.3) is 11.8 Å². The fraction of sp³-hybridized carbons (Fsp3) is 0.302. The summed E-state index contributed by atoms with van der Waals surface area (Å²) in [5, 5.41) is 11.9. The van der Waals surface area contributed by atoms with Crippen molar-refractivity contribution in [3.8, 4) is 11.5 Å². The third-order valence-corrected chi connectivity index (χ3v) is 10.0. The summed E-state index contributed by atoms with van der Waals surface area (Å²) < 4.78 is 24.9. The third kappa shape index (κ3) is 9.28. The molecule has 0 atom stereocenters. The van der Waals surface area contributed by atoms with E-state index in [0.29, 0.717) is 35.6 Å². The van der Waals surface area contributed by atoms with Crippen LogP contribution in [0.3, 0.4) is 0 Å². The lowest BCUT2D eigenvalue weighted by molar-refractivity contribution is -0.111. The zero-order chi connectivity index (χ0) is 37.3. The van der Waals surface area contributed by atoms with E-state index in [4.69, 9.17) is 9.47 Å². The van der Waals surface area contributed by atoms with Crippen LogP contribution in [0.25, 0.3) is 11.1 Å². The summed E-state index contributed by atoms with van der Waals surface area (Å²) in [7, 11) is 0. The third-order valence-electron chi connectivity index (χ3n) is 10.0. The fourth-order valence-electron chi connectivity index (χ4n) is 7.08. The molecule has 0 saturated carbocycles. The minimum Gasteiger partial charge on any atom is -0.492 e. The van der Waals surface area contributed by atoms with Gasteiger partial charge in [-0.3, -0.25) is 19.4 Å². The van der Waals surface area contributed by atoms with Crippen LogP contribution < -0.4 is 30.7 Å². The largest absolute Gasteiger partial charge is 0.492 e. The average molecular weight is 731 g/mol. The van der Waals surface area contributed by atoms with E-state index in [1.54, 1.807) is 18.5 Å². The number of carbonyl (C=O) groups is 2. The van der Waals surface area contributed by atoms with Crippen LogP contribution >= 0.6 is 0 Å². The first-order chi connectivity index (χ1) is 26.4. The Morgan fingerprint density at radius 2 is 1.19 bits per heavy atom. The van der Waals surface area contributed by atoms with E-state index in [9.17, 15) is 14.0 Å². The highest BCUT2D eigenvalue weighted by molar-refractivity contribution is 6.32. The quantitative estimate of drug-likeness (QED) is 0.111. The number of nitrogens with one attached hydrogen (secondary N) is 4. The number of carbonyl (C=O) groups excluding carboxylic acids is 2. The highest BCUT2D eigenvalue weighted by Crippen LogP contribution is 2.34. The summed E-state index contributed by atoms with van der Waals surface area (Å²) in [5.74, 6) is 1.00. The number of likely N-dealkylation sites (tertiary alicyclic amines) is 2. The second-order valence-electron chi connectivity index (χ2n) is 13.8. The second-order valence-corrected chi connectivity index (χ2v) is 13.8. The molecular weight excluding hydrogens is 684 g/mol. The van der Waals surface area contributed by atoms with Gasteiger partial charge in [-0.2, -0.15) is 0 Å². The van der Waals surface area contributed by atoms with Crippen LogP contribution in [-0.4, -0.2) is 74.1 Å². The van der Waals surface area contributed by atoms with Crippen molar-refractivity contribution in [3.05, 3.63) is 120 Å². The van der Waals surface area contributed by atoms with E-state index >= 15 is 0 Å². The van der Waals surface area contributed by atoms with Crippen molar-refractivity contribution in [2.45, 2.75) is 32.6 Å². The van der Waals surface area contributed by atoms with Crippen LogP contribution in [0.2, 0.25) is 0 Å². The maximum Gasteiger partial charge on any atom is 0.257 e. The molecule has 4 aromatic rings. The Morgan fingerprint density at radius 3 is 1.76 bits per heavy atom. The van der Waals surface area contributed by atoms with Gasteiger partial charge in [0.2, 0.25) is 0 Å². The molecule has 4 aromatic carbocycles. The maximum atomic E-state index is 13.3. The molecule has 10 nitrogen and oxygen atoms in total. The van der Waals surface area contributed by atoms with Crippen LogP contribution in [-0.2, 0) is 9.59 Å². The van der Waals surface area contributed by atoms with Crippen LogP contribution in [0.4, 0.5) is 27.1 Å². The smallest absolute Gasteiger partial charge is 0.257 e. The lowest BCUT2D eigenvalue weighted by atomic mass is 10.0. The second kappa shape index (κ2) is 17.5. The zero-order valence-corrected chi connectivity index (χ0v) is 30.6. The van der Waals surface area contributed by atoms with Gasteiger partial charge < -0.3 is 30.7 Å². The van der Waals surface area contributed by atoms with Crippen LogP contribution in [0.1, 0.15) is 42.4 Å². The minimum absolute atomic E-state index is 0.0753. The monoisotopic (exact) mass is 730 g/mol. The number of hydrogen-bond acceptors (Lipinski definition) is 8. The predicted octanol–water partition coefficient (Wildman–Crippen LogP) is 7.58. The molecule has 54 heavy (non-hydrogen) atoms. The average Bonchev–Trinajstić information content (AvgIpc) is 4.00. The van der Waals surface area contributed by atoms with Crippen molar-refractivity contribution in [1.82, 2.24) is 9.80 Å². The van der Waals surface area contributed by atoms with Gasteiger partial charge in [0.05, 0.1) is 16.8 Å². The topological polar surface area (TPSA) is 107 Å². The van der Waals surface area contributed by atoms with E-state index in [1.165, 1.54) is 64.0 Å². The summed E-state index contributed by atoms with van der Waals surface area (Å²) in [4.78, 5) is 29.2. The van der Waals surface area contributed by atoms with E-state index in [2.05, 4.69) is 31.1 Å². The fourth-order valence-corrected chi connectivity index (χ4v) is 7.08. The molecular formula is C43H47FN6O4. The maximum absolute atomic E-state index is 13.3. The Bertz CT molecular complexity index is 2000. The molecule has 0 aliphatic carbocycles. The molecule has 2 fully saturated rings. The Kier molecular flexibility index (Phi) is 11.9. The molecule has 0 unspecified atom stereocenters. The van der Waals surface area contributed by atoms with E-state index in [-0.39, 0.29) is 17.6 Å². The number of halogens is 1. The van der Waals surface area contributed by atoms with Gasteiger partial charge in [0, 0.05) is 53.7 Å². The first-order valence-corrected chi connectivity index (χ1v) is 18.8. The van der Waals surface area contributed by atoms with Crippen molar-refractivity contribution in [2.24, 2.45) is 0 Å². The van der Waals surface area contributed by atoms with Gasteiger partial charge >= 0.3 is 0 Å². The van der Waals surface area contributed by atoms with Gasteiger partial charge in [-0.05, 0) is 137 Å². The van der Waals surface area contributed by atoms with Crippen molar-refractivity contribution in [2.75, 3.05) is 73.7 Å². The molecule has 0 bridgehead atoms. The van der Waals surface area contributed by atoms with Crippen molar-refractivity contribution in [3.63, 3.8) is 0 Å². The summed E-state index contributed by atoms with van der Waals surface area (Å²) in [6, 6.07) is 25.6. The molecule has 0 radical (unpaired) electrons. The zero-order valence-electron chi connectivity index (χ0n) is 30.6. The van der Waals surface area contributed by atoms with Gasteiger partial charge in [-0.15, -0.1) is 0 Å². The number of anilines is 4. The van der Waals surface area contributed by atoms with Crippen LogP contribution in [0.5, 0.6) is 11.5 Å². The van der Waals surface area contributed by atoms with Gasteiger partial charge in [0.15, 0.2) is 0 Å². The molecule has 0 aromatic heterocycles. The Morgan fingerprint density at radius 1 is 0.667 bits per heavy atom. The molecule has 4 aliphatic rings. The first kappa shape index (κ1) is 36.7.